The largest absolute Gasteiger partial charge is 0.375 e. The first-order valence-electron chi connectivity index (χ1n) is 4.20. The number of nitrogens with two attached hydrogens (primary N) is 1. The molecule has 0 spiro atoms. The summed E-state index contributed by atoms with van der Waals surface area (Å²) in [5.41, 5.74) is 8.70. The summed E-state index contributed by atoms with van der Waals surface area (Å²) in [6, 6.07) is 0. The average Bonchev–Trinajstić information content (AvgIpc) is 2.16. The number of rotatable bonds is 1. The Labute approximate surface area is 81.1 Å². The Morgan fingerprint density at radius 1 is 1.62 bits per heavy atom. The lowest BCUT2D eigenvalue weighted by atomic mass is 10.1. The maximum Gasteiger partial charge on any atom is 0.197 e. The molecule has 0 atom stereocenters. The molecule has 0 aromatic carbocycles. The van der Waals surface area contributed by atoms with Gasteiger partial charge in [-0.05, 0) is 24.2 Å². The molecule has 0 saturated carbocycles. The molecule has 2 rings (SSSR count). The molecular formula is C8H11N3OS. The molecule has 1 aromatic rings. The SMILES string of the molecule is NCc1nc(=S)[nH]c2c1CCOC2. The topological polar surface area (TPSA) is 63.9 Å². The van der Waals surface area contributed by atoms with Gasteiger partial charge in [0, 0.05) is 12.2 Å². The van der Waals surface area contributed by atoms with E-state index in [1.807, 2.05) is 0 Å². The van der Waals surface area contributed by atoms with E-state index in [2.05, 4.69) is 9.97 Å². The molecule has 13 heavy (non-hydrogen) atoms. The van der Waals surface area contributed by atoms with E-state index in [9.17, 15) is 0 Å². The molecule has 0 unspecified atom stereocenters. The van der Waals surface area contributed by atoms with Crippen LogP contribution in [0.15, 0.2) is 0 Å². The fourth-order valence-corrected chi connectivity index (χ4v) is 1.77. The van der Waals surface area contributed by atoms with E-state index in [1.54, 1.807) is 0 Å². The van der Waals surface area contributed by atoms with Crippen molar-refractivity contribution in [1.82, 2.24) is 9.97 Å². The van der Waals surface area contributed by atoms with E-state index in [0.29, 0.717) is 17.9 Å². The van der Waals surface area contributed by atoms with Crippen LogP contribution in [0.25, 0.3) is 0 Å². The average molecular weight is 197 g/mol. The van der Waals surface area contributed by atoms with Gasteiger partial charge in [0.15, 0.2) is 4.77 Å². The summed E-state index contributed by atoms with van der Waals surface area (Å²) in [7, 11) is 0. The molecule has 4 nitrogen and oxygen atoms in total. The molecule has 0 bridgehead atoms. The molecule has 70 valence electrons. The van der Waals surface area contributed by atoms with Gasteiger partial charge in [-0.1, -0.05) is 0 Å². The second kappa shape index (κ2) is 3.53. The van der Waals surface area contributed by atoms with E-state index in [1.165, 1.54) is 5.56 Å². The zero-order valence-corrected chi connectivity index (χ0v) is 7.99. The molecule has 0 radical (unpaired) electrons. The standard InChI is InChI=1S/C8H11N3OS/c9-3-6-5-1-2-12-4-7(5)11-8(13)10-6/h1-4,9H2,(H,10,11,13). The van der Waals surface area contributed by atoms with Crippen LogP contribution < -0.4 is 5.73 Å². The summed E-state index contributed by atoms with van der Waals surface area (Å²) in [6.45, 7) is 1.78. The van der Waals surface area contributed by atoms with Crippen molar-refractivity contribution in [3.05, 3.63) is 21.7 Å². The van der Waals surface area contributed by atoms with E-state index >= 15 is 0 Å². The Hall–Kier alpha value is -0.780. The van der Waals surface area contributed by atoms with Gasteiger partial charge >= 0.3 is 0 Å². The van der Waals surface area contributed by atoms with Crippen molar-refractivity contribution < 1.29 is 4.74 Å². The van der Waals surface area contributed by atoms with Gasteiger partial charge < -0.3 is 15.5 Å². The molecule has 0 saturated heterocycles. The van der Waals surface area contributed by atoms with Crippen LogP contribution in [0.3, 0.4) is 0 Å². The second-order valence-corrected chi connectivity index (χ2v) is 3.34. The van der Waals surface area contributed by atoms with Crippen LogP contribution >= 0.6 is 12.2 Å². The van der Waals surface area contributed by atoms with E-state index < -0.39 is 0 Å². The number of aromatic amines is 1. The van der Waals surface area contributed by atoms with Crippen LogP contribution in [0.4, 0.5) is 0 Å². The Morgan fingerprint density at radius 2 is 2.46 bits per heavy atom. The molecule has 0 aliphatic carbocycles. The summed E-state index contributed by atoms with van der Waals surface area (Å²) in [6.07, 6.45) is 0.876. The first kappa shape index (κ1) is 8.80. The van der Waals surface area contributed by atoms with Crippen LogP contribution in [0, 0.1) is 4.77 Å². The number of nitrogens with zero attached hydrogens (tertiary/aromatic N) is 1. The van der Waals surface area contributed by atoms with Gasteiger partial charge in [-0.2, -0.15) is 0 Å². The van der Waals surface area contributed by atoms with Crippen molar-refractivity contribution in [2.24, 2.45) is 5.73 Å². The van der Waals surface area contributed by atoms with Crippen molar-refractivity contribution in [2.45, 2.75) is 19.6 Å². The lowest BCUT2D eigenvalue weighted by Gasteiger charge is -2.17. The smallest absolute Gasteiger partial charge is 0.197 e. The molecule has 1 aliphatic rings. The van der Waals surface area contributed by atoms with Crippen LogP contribution in [-0.4, -0.2) is 16.6 Å². The van der Waals surface area contributed by atoms with Crippen LogP contribution in [0.5, 0.6) is 0 Å². The van der Waals surface area contributed by atoms with E-state index in [4.69, 9.17) is 22.7 Å². The van der Waals surface area contributed by atoms with Crippen LogP contribution in [-0.2, 0) is 24.3 Å². The molecule has 3 N–H and O–H groups in total. The highest BCUT2D eigenvalue weighted by atomic mass is 32.1. The van der Waals surface area contributed by atoms with Gasteiger partial charge in [-0.3, -0.25) is 0 Å². The maximum atomic E-state index is 5.58. The van der Waals surface area contributed by atoms with E-state index in [-0.39, 0.29) is 0 Å². The molecule has 1 aromatic heterocycles. The van der Waals surface area contributed by atoms with E-state index in [0.717, 1.165) is 24.4 Å². The fourth-order valence-electron chi connectivity index (χ4n) is 1.53. The summed E-state index contributed by atoms with van der Waals surface area (Å²) >= 11 is 4.97. The zero-order valence-electron chi connectivity index (χ0n) is 7.17. The highest BCUT2D eigenvalue weighted by Crippen LogP contribution is 2.16. The lowest BCUT2D eigenvalue weighted by molar-refractivity contribution is 0.106. The molecule has 5 heteroatoms. The van der Waals surface area contributed by atoms with Gasteiger partial charge in [0.2, 0.25) is 0 Å². The monoisotopic (exact) mass is 197 g/mol. The first-order chi connectivity index (χ1) is 6.31. The highest BCUT2D eigenvalue weighted by molar-refractivity contribution is 7.71. The highest BCUT2D eigenvalue weighted by Gasteiger charge is 2.14. The summed E-state index contributed by atoms with van der Waals surface area (Å²) in [5, 5.41) is 0. The molecule has 1 aliphatic heterocycles. The number of hydrogen-bond donors (Lipinski definition) is 2. The predicted molar refractivity (Wildman–Crippen MR) is 50.7 cm³/mol. The summed E-state index contributed by atoms with van der Waals surface area (Å²) in [5.74, 6) is 0. The Bertz CT molecular complexity index is 354. The number of fused-ring (bicyclic) bond motifs is 1. The summed E-state index contributed by atoms with van der Waals surface area (Å²) in [4.78, 5) is 7.21. The van der Waals surface area contributed by atoms with Crippen LogP contribution in [0.1, 0.15) is 17.0 Å². The molecular weight excluding hydrogens is 186 g/mol. The zero-order chi connectivity index (χ0) is 9.26. The fraction of sp³-hybridized carbons (Fsp3) is 0.500. The number of H-pyrrole nitrogens is 1. The van der Waals surface area contributed by atoms with Crippen molar-refractivity contribution in [3.63, 3.8) is 0 Å². The predicted octanol–water partition coefficient (Wildman–Crippen LogP) is 0.671. The first-order valence-corrected chi connectivity index (χ1v) is 4.61. The van der Waals surface area contributed by atoms with Crippen LogP contribution in [0.2, 0.25) is 0 Å². The lowest BCUT2D eigenvalue weighted by Crippen LogP contribution is -2.17. The normalized spacial score (nSPS) is 15.5. The molecule has 0 amide bonds. The molecule has 0 fully saturated rings. The maximum absolute atomic E-state index is 5.58. The quantitative estimate of drug-likeness (QED) is 0.649. The van der Waals surface area contributed by atoms with Crippen molar-refractivity contribution >= 4 is 12.2 Å². The minimum Gasteiger partial charge on any atom is -0.375 e. The van der Waals surface area contributed by atoms with Crippen molar-refractivity contribution in [1.29, 1.82) is 0 Å². The minimum atomic E-state index is 0.445. The van der Waals surface area contributed by atoms with Crippen molar-refractivity contribution in [3.8, 4) is 0 Å². The third-order valence-corrected chi connectivity index (χ3v) is 2.34. The van der Waals surface area contributed by atoms with Gasteiger partial charge in [-0.15, -0.1) is 0 Å². The Kier molecular flexibility index (Phi) is 2.39. The third kappa shape index (κ3) is 1.63. The van der Waals surface area contributed by atoms with Gasteiger partial charge in [-0.25, -0.2) is 4.98 Å². The summed E-state index contributed by atoms with van der Waals surface area (Å²) < 4.78 is 5.79. The minimum absolute atomic E-state index is 0.445. The number of nitrogens with one attached hydrogen (secondary N) is 1. The van der Waals surface area contributed by atoms with Gasteiger partial charge in [0.1, 0.15) is 0 Å². The number of hydrogen-bond acceptors (Lipinski definition) is 4. The van der Waals surface area contributed by atoms with Gasteiger partial charge in [0.05, 0.1) is 18.9 Å². The Morgan fingerprint density at radius 3 is 3.23 bits per heavy atom. The number of ether oxygens (including phenoxy) is 1. The molecule has 2 heterocycles. The second-order valence-electron chi connectivity index (χ2n) is 2.95. The third-order valence-electron chi connectivity index (χ3n) is 2.14. The number of aromatic nitrogens is 2. The Balaban J connectivity index is 2.57. The van der Waals surface area contributed by atoms with Gasteiger partial charge in [0.25, 0.3) is 0 Å². The van der Waals surface area contributed by atoms with Crippen molar-refractivity contribution in [2.75, 3.05) is 6.61 Å².